The molecule has 1 fully saturated rings. The van der Waals surface area contributed by atoms with Crippen LogP contribution in [-0.4, -0.2) is 30.8 Å². The van der Waals surface area contributed by atoms with Crippen molar-refractivity contribution in [1.29, 1.82) is 0 Å². The van der Waals surface area contributed by atoms with Crippen LogP contribution < -0.4 is 10.1 Å². The fraction of sp³-hybridized carbons (Fsp3) is 0.583. The summed E-state index contributed by atoms with van der Waals surface area (Å²) < 4.78 is 10.7. The van der Waals surface area contributed by atoms with E-state index in [1.54, 1.807) is 7.11 Å². The largest absolute Gasteiger partial charge is 0.481 e. The Hall–Kier alpha value is -1.29. The third-order valence-electron chi connectivity index (χ3n) is 2.83. The molecule has 16 heavy (non-hydrogen) atoms. The number of ether oxygens (including phenoxy) is 2. The van der Waals surface area contributed by atoms with Crippen molar-refractivity contribution in [2.24, 2.45) is 0 Å². The normalized spacial score (nSPS) is 21.8. The summed E-state index contributed by atoms with van der Waals surface area (Å²) in [6.45, 7) is 3.00. The molecule has 2 heterocycles. The molecule has 0 saturated carbocycles. The molecule has 1 aromatic rings. The molecule has 2 unspecified atom stereocenters. The number of pyridine rings is 1. The Balaban J connectivity index is 1.96. The Labute approximate surface area is 96.0 Å². The van der Waals surface area contributed by atoms with Crippen molar-refractivity contribution in [2.75, 3.05) is 19.0 Å². The summed E-state index contributed by atoms with van der Waals surface area (Å²) >= 11 is 0. The van der Waals surface area contributed by atoms with Crippen molar-refractivity contribution in [3.63, 3.8) is 0 Å². The summed E-state index contributed by atoms with van der Waals surface area (Å²) in [4.78, 5) is 4.31. The van der Waals surface area contributed by atoms with Crippen LogP contribution in [0, 0.1) is 0 Å². The zero-order valence-electron chi connectivity index (χ0n) is 9.77. The average Bonchev–Trinajstić information content (AvgIpc) is 2.83. The van der Waals surface area contributed by atoms with E-state index in [0.717, 1.165) is 25.3 Å². The molecule has 0 bridgehead atoms. The molecule has 1 aromatic heterocycles. The topological polar surface area (TPSA) is 43.4 Å². The first-order valence-electron chi connectivity index (χ1n) is 5.69. The highest BCUT2D eigenvalue weighted by Gasteiger charge is 2.22. The van der Waals surface area contributed by atoms with Gasteiger partial charge in [0, 0.05) is 12.7 Å². The zero-order chi connectivity index (χ0) is 11.4. The number of aromatic nitrogens is 1. The number of nitrogens with zero attached hydrogens (tertiary/aromatic N) is 1. The van der Waals surface area contributed by atoms with Crippen molar-refractivity contribution in [3.05, 3.63) is 18.2 Å². The first kappa shape index (κ1) is 11.2. The van der Waals surface area contributed by atoms with E-state index in [0.29, 0.717) is 12.0 Å². The quantitative estimate of drug-likeness (QED) is 0.847. The summed E-state index contributed by atoms with van der Waals surface area (Å²) in [6, 6.07) is 5.98. The van der Waals surface area contributed by atoms with Crippen molar-refractivity contribution in [1.82, 2.24) is 4.98 Å². The Morgan fingerprint density at radius 3 is 3.12 bits per heavy atom. The fourth-order valence-electron chi connectivity index (χ4n) is 1.93. The highest BCUT2D eigenvalue weighted by molar-refractivity contribution is 5.38. The van der Waals surface area contributed by atoms with E-state index >= 15 is 0 Å². The lowest BCUT2D eigenvalue weighted by Gasteiger charge is -2.20. The van der Waals surface area contributed by atoms with Crippen LogP contribution in [0.1, 0.15) is 19.8 Å². The Morgan fingerprint density at radius 1 is 1.56 bits per heavy atom. The standard InChI is InChI=1S/C12H18N2O2/c1-9(10-5-4-8-16-10)13-11-6-3-7-12(14-11)15-2/h3,6-7,9-10H,4-5,8H2,1-2H3,(H,13,14). The van der Waals surface area contributed by atoms with Crippen LogP contribution in [0.4, 0.5) is 5.82 Å². The van der Waals surface area contributed by atoms with Crippen molar-refractivity contribution in [2.45, 2.75) is 31.9 Å². The van der Waals surface area contributed by atoms with Crippen LogP contribution in [0.25, 0.3) is 0 Å². The summed E-state index contributed by atoms with van der Waals surface area (Å²) in [5, 5.41) is 3.34. The Morgan fingerprint density at radius 2 is 2.44 bits per heavy atom. The zero-order valence-corrected chi connectivity index (χ0v) is 9.77. The van der Waals surface area contributed by atoms with Gasteiger partial charge in [-0.3, -0.25) is 0 Å². The summed E-state index contributed by atoms with van der Waals surface area (Å²) in [5.74, 6) is 1.46. The lowest BCUT2D eigenvalue weighted by atomic mass is 10.1. The number of hydrogen-bond donors (Lipinski definition) is 1. The van der Waals surface area contributed by atoms with Crippen molar-refractivity contribution < 1.29 is 9.47 Å². The van der Waals surface area contributed by atoms with Gasteiger partial charge >= 0.3 is 0 Å². The molecular formula is C12H18N2O2. The molecule has 0 amide bonds. The smallest absolute Gasteiger partial charge is 0.214 e. The molecule has 1 aliphatic rings. The second-order valence-electron chi connectivity index (χ2n) is 4.05. The number of anilines is 1. The van der Waals surface area contributed by atoms with Gasteiger partial charge in [0.1, 0.15) is 5.82 Å². The van der Waals surface area contributed by atoms with Gasteiger partial charge in [0.25, 0.3) is 0 Å². The third-order valence-corrected chi connectivity index (χ3v) is 2.83. The van der Waals surface area contributed by atoms with Crippen LogP contribution in [0.2, 0.25) is 0 Å². The van der Waals surface area contributed by atoms with E-state index in [9.17, 15) is 0 Å². The second-order valence-corrected chi connectivity index (χ2v) is 4.05. The first-order chi connectivity index (χ1) is 7.79. The van der Waals surface area contributed by atoms with E-state index < -0.39 is 0 Å². The second kappa shape index (κ2) is 5.16. The predicted octanol–water partition coefficient (Wildman–Crippen LogP) is 2.07. The fourth-order valence-corrected chi connectivity index (χ4v) is 1.93. The maximum atomic E-state index is 5.62. The lowest BCUT2D eigenvalue weighted by Crippen LogP contribution is -2.30. The van der Waals surface area contributed by atoms with Gasteiger partial charge < -0.3 is 14.8 Å². The summed E-state index contributed by atoms with van der Waals surface area (Å²) in [5.41, 5.74) is 0. The lowest BCUT2D eigenvalue weighted by molar-refractivity contribution is 0.0995. The van der Waals surface area contributed by atoms with Gasteiger partial charge in [-0.25, -0.2) is 0 Å². The minimum Gasteiger partial charge on any atom is -0.481 e. The molecule has 4 nitrogen and oxygen atoms in total. The molecule has 1 N–H and O–H groups in total. The molecule has 0 radical (unpaired) electrons. The van der Waals surface area contributed by atoms with E-state index in [2.05, 4.69) is 17.2 Å². The average molecular weight is 222 g/mol. The van der Waals surface area contributed by atoms with Crippen LogP contribution in [0.15, 0.2) is 18.2 Å². The minimum atomic E-state index is 0.280. The number of hydrogen-bond acceptors (Lipinski definition) is 4. The van der Waals surface area contributed by atoms with E-state index in [-0.39, 0.29) is 6.04 Å². The molecule has 2 atom stereocenters. The van der Waals surface area contributed by atoms with Gasteiger partial charge in [0.15, 0.2) is 0 Å². The number of nitrogens with one attached hydrogen (secondary N) is 1. The monoisotopic (exact) mass is 222 g/mol. The van der Waals surface area contributed by atoms with Gasteiger partial charge in [0.05, 0.1) is 19.3 Å². The number of methoxy groups -OCH3 is 1. The molecule has 88 valence electrons. The molecule has 2 rings (SSSR count). The van der Waals surface area contributed by atoms with Gasteiger partial charge in [-0.15, -0.1) is 0 Å². The van der Waals surface area contributed by atoms with Crippen LogP contribution in [0.5, 0.6) is 5.88 Å². The Kier molecular flexibility index (Phi) is 3.62. The molecule has 1 aliphatic heterocycles. The highest BCUT2D eigenvalue weighted by atomic mass is 16.5. The van der Waals surface area contributed by atoms with Gasteiger partial charge in [-0.2, -0.15) is 4.98 Å². The van der Waals surface area contributed by atoms with Crippen LogP contribution in [0.3, 0.4) is 0 Å². The molecule has 0 aromatic carbocycles. The minimum absolute atomic E-state index is 0.280. The van der Waals surface area contributed by atoms with Gasteiger partial charge in [-0.1, -0.05) is 6.07 Å². The highest BCUT2D eigenvalue weighted by Crippen LogP contribution is 2.19. The number of rotatable bonds is 4. The predicted molar refractivity (Wildman–Crippen MR) is 62.8 cm³/mol. The molecule has 1 saturated heterocycles. The van der Waals surface area contributed by atoms with Crippen molar-refractivity contribution >= 4 is 5.82 Å². The van der Waals surface area contributed by atoms with E-state index in [4.69, 9.17) is 9.47 Å². The molecule has 0 spiro atoms. The summed E-state index contributed by atoms with van der Waals surface area (Å²) in [7, 11) is 1.62. The van der Waals surface area contributed by atoms with Crippen molar-refractivity contribution in [3.8, 4) is 5.88 Å². The van der Waals surface area contributed by atoms with Gasteiger partial charge in [-0.05, 0) is 25.8 Å². The van der Waals surface area contributed by atoms with Crippen LogP contribution in [-0.2, 0) is 4.74 Å². The molecule has 4 heteroatoms. The first-order valence-corrected chi connectivity index (χ1v) is 5.69. The Bertz CT molecular complexity index is 338. The third kappa shape index (κ3) is 2.64. The SMILES string of the molecule is COc1cccc(NC(C)C2CCCO2)n1. The van der Waals surface area contributed by atoms with E-state index in [1.807, 2.05) is 18.2 Å². The van der Waals surface area contributed by atoms with E-state index in [1.165, 1.54) is 0 Å². The maximum Gasteiger partial charge on any atom is 0.214 e. The maximum absolute atomic E-state index is 5.62. The molecule has 0 aliphatic carbocycles. The van der Waals surface area contributed by atoms with Crippen LogP contribution >= 0.6 is 0 Å². The summed E-state index contributed by atoms with van der Waals surface area (Å²) in [6.07, 6.45) is 2.58. The van der Waals surface area contributed by atoms with Gasteiger partial charge in [0.2, 0.25) is 5.88 Å². The molecular weight excluding hydrogens is 204 g/mol.